The maximum absolute atomic E-state index is 12.3. The first kappa shape index (κ1) is 24.4. The van der Waals surface area contributed by atoms with Crippen LogP contribution in [0.2, 0.25) is 0 Å². The summed E-state index contributed by atoms with van der Waals surface area (Å²) in [6.45, 7) is 6.21. The molecule has 0 aliphatic heterocycles. The Labute approximate surface area is 183 Å². The van der Waals surface area contributed by atoms with Crippen LogP contribution in [-0.4, -0.2) is 33.4 Å². The highest BCUT2D eigenvalue weighted by Crippen LogP contribution is 2.16. The van der Waals surface area contributed by atoms with Crippen molar-refractivity contribution in [1.82, 2.24) is 10.0 Å². The minimum atomic E-state index is -3.70. The standard InChI is InChI=1S/C22H29N3O5S/c1-4-30-19-8-10-20(11-9-19)31(28,29)24-13-12-21(26)23-15-17-6-5-7-18(14-17)25-22(27)16(2)3/h5-11,14,16,24H,4,12-13,15H2,1-3H3,(H,23,26)(H,25,27). The first-order valence-corrected chi connectivity index (χ1v) is 11.6. The van der Waals surface area contributed by atoms with E-state index in [1.54, 1.807) is 30.3 Å². The summed E-state index contributed by atoms with van der Waals surface area (Å²) in [6, 6.07) is 13.3. The molecule has 0 bridgehead atoms. The maximum atomic E-state index is 12.3. The van der Waals surface area contributed by atoms with Gasteiger partial charge in [-0.1, -0.05) is 26.0 Å². The number of amides is 2. The topological polar surface area (TPSA) is 114 Å². The number of ether oxygens (including phenoxy) is 1. The quantitative estimate of drug-likeness (QED) is 0.490. The summed E-state index contributed by atoms with van der Waals surface area (Å²) in [5, 5.41) is 5.56. The Morgan fingerprint density at radius 3 is 2.42 bits per heavy atom. The van der Waals surface area contributed by atoms with E-state index in [1.165, 1.54) is 12.1 Å². The van der Waals surface area contributed by atoms with Crippen LogP contribution in [0.4, 0.5) is 5.69 Å². The highest BCUT2D eigenvalue weighted by molar-refractivity contribution is 7.89. The third-order valence-electron chi connectivity index (χ3n) is 4.30. The van der Waals surface area contributed by atoms with Crippen molar-refractivity contribution < 1.29 is 22.7 Å². The maximum Gasteiger partial charge on any atom is 0.240 e. The zero-order chi connectivity index (χ0) is 22.9. The van der Waals surface area contributed by atoms with E-state index < -0.39 is 10.0 Å². The Balaban J connectivity index is 1.80. The molecule has 0 unspecified atom stereocenters. The fourth-order valence-corrected chi connectivity index (χ4v) is 3.63. The molecule has 0 fully saturated rings. The molecular weight excluding hydrogens is 418 g/mol. The van der Waals surface area contributed by atoms with E-state index in [-0.39, 0.29) is 42.1 Å². The summed E-state index contributed by atoms with van der Waals surface area (Å²) in [5.41, 5.74) is 1.48. The summed E-state index contributed by atoms with van der Waals surface area (Å²) in [6.07, 6.45) is 0.0000352. The Kier molecular flexibility index (Phi) is 9.02. The van der Waals surface area contributed by atoms with Gasteiger partial charge >= 0.3 is 0 Å². The summed E-state index contributed by atoms with van der Waals surface area (Å²) >= 11 is 0. The van der Waals surface area contributed by atoms with Crippen molar-refractivity contribution in [3.05, 3.63) is 54.1 Å². The molecule has 168 valence electrons. The van der Waals surface area contributed by atoms with E-state index >= 15 is 0 Å². The molecular formula is C22H29N3O5S. The molecule has 2 aromatic carbocycles. The van der Waals surface area contributed by atoms with Crippen LogP contribution < -0.4 is 20.1 Å². The molecule has 0 saturated carbocycles. The molecule has 2 aromatic rings. The predicted octanol–water partition coefficient (Wildman–Crippen LogP) is 2.66. The summed E-state index contributed by atoms with van der Waals surface area (Å²) in [4.78, 5) is 24.0. The van der Waals surface area contributed by atoms with Gasteiger partial charge in [-0.25, -0.2) is 13.1 Å². The number of carbonyl (C=O) groups is 2. The minimum Gasteiger partial charge on any atom is -0.494 e. The summed E-state index contributed by atoms with van der Waals surface area (Å²) in [5.74, 6) is 0.0930. The third kappa shape index (κ3) is 8.03. The van der Waals surface area contributed by atoms with Gasteiger partial charge in [0.25, 0.3) is 0 Å². The van der Waals surface area contributed by atoms with Gasteiger partial charge in [0.1, 0.15) is 5.75 Å². The normalized spacial score (nSPS) is 11.2. The zero-order valence-corrected chi connectivity index (χ0v) is 18.8. The number of hydrogen-bond acceptors (Lipinski definition) is 5. The molecule has 0 spiro atoms. The molecule has 0 aliphatic rings. The van der Waals surface area contributed by atoms with Gasteiger partial charge in [-0.15, -0.1) is 0 Å². The molecule has 0 heterocycles. The fourth-order valence-electron chi connectivity index (χ4n) is 2.60. The smallest absolute Gasteiger partial charge is 0.240 e. The van der Waals surface area contributed by atoms with Crippen molar-refractivity contribution in [3.63, 3.8) is 0 Å². The van der Waals surface area contributed by atoms with Crippen LogP contribution in [0.1, 0.15) is 32.8 Å². The Bertz CT molecular complexity index is 988. The fraction of sp³-hybridized carbons (Fsp3) is 0.364. The van der Waals surface area contributed by atoms with E-state index in [0.717, 1.165) is 5.56 Å². The number of nitrogens with one attached hydrogen (secondary N) is 3. The highest BCUT2D eigenvalue weighted by atomic mass is 32.2. The molecule has 0 saturated heterocycles. The Hall–Kier alpha value is -2.91. The van der Waals surface area contributed by atoms with E-state index in [9.17, 15) is 18.0 Å². The molecule has 0 aromatic heterocycles. The number of rotatable bonds is 11. The van der Waals surface area contributed by atoms with Crippen LogP contribution in [0.5, 0.6) is 5.75 Å². The van der Waals surface area contributed by atoms with Crippen molar-refractivity contribution in [1.29, 1.82) is 0 Å². The highest BCUT2D eigenvalue weighted by Gasteiger charge is 2.14. The lowest BCUT2D eigenvalue weighted by atomic mass is 10.1. The largest absolute Gasteiger partial charge is 0.494 e. The van der Waals surface area contributed by atoms with E-state index in [4.69, 9.17) is 4.74 Å². The molecule has 3 N–H and O–H groups in total. The van der Waals surface area contributed by atoms with Gasteiger partial charge in [0.15, 0.2) is 0 Å². The van der Waals surface area contributed by atoms with Gasteiger partial charge < -0.3 is 15.4 Å². The van der Waals surface area contributed by atoms with Crippen LogP contribution in [-0.2, 0) is 26.2 Å². The van der Waals surface area contributed by atoms with Gasteiger partial charge in [0.2, 0.25) is 21.8 Å². The molecule has 2 amide bonds. The Morgan fingerprint density at radius 1 is 1.06 bits per heavy atom. The van der Waals surface area contributed by atoms with Gasteiger partial charge in [0, 0.05) is 31.1 Å². The van der Waals surface area contributed by atoms with Crippen molar-refractivity contribution >= 4 is 27.5 Å². The average Bonchev–Trinajstić information content (AvgIpc) is 2.73. The average molecular weight is 448 g/mol. The van der Waals surface area contributed by atoms with Crippen LogP contribution in [0.3, 0.4) is 0 Å². The lowest BCUT2D eigenvalue weighted by molar-refractivity contribution is -0.121. The monoisotopic (exact) mass is 447 g/mol. The minimum absolute atomic E-state index is 0.0000352. The molecule has 0 radical (unpaired) electrons. The second-order valence-electron chi connectivity index (χ2n) is 7.17. The summed E-state index contributed by atoms with van der Waals surface area (Å²) in [7, 11) is -3.70. The van der Waals surface area contributed by atoms with Gasteiger partial charge in [-0.2, -0.15) is 0 Å². The second kappa shape index (κ2) is 11.5. The lowest BCUT2D eigenvalue weighted by Gasteiger charge is -2.11. The SMILES string of the molecule is CCOc1ccc(S(=O)(=O)NCCC(=O)NCc2cccc(NC(=O)C(C)C)c2)cc1. The van der Waals surface area contributed by atoms with Crippen LogP contribution >= 0.6 is 0 Å². The first-order valence-electron chi connectivity index (χ1n) is 10.1. The summed E-state index contributed by atoms with van der Waals surface area (Å²) < 4.78 is 32.4. The number of carbonyl (C=O) groups excluding carboxylic acids is 2. The third-order valence-corrected chi connectivity index (χ3v) is 5.77. The van der Waals surface area contributed by atoms with Crippen LogP contribution in [0.25, 0.3) is 0 Å². The number of hydrogen-bond donors (Lipinski definition) is 3. The van der Waals surface area contributed by atoms with Crippen LogP contribution in [0, 0.1) is 5.92 Å². The van der Waals surface area contributed by atoms with Gasteiger partial charge in [0.05, 0.1) is 11.5 Å². The molecule has 8 nitrogen and oxygen atoms in total. The van der Waals surface area contributed by atoms with Crippen LogP contribution in [0.15, 0.2) is 53.4 Å². The number of benzene rings is 2. The lowest BCUT2D eigenvalue weighted by Crippen LogP contribution is -2.30. The molecule has 2 rings (SSSR count). The van der Waals surface area contributed by atoms with Crippen molar-refractivity contribution in [2.45, 2.75) is 38.6 Å². The van der Waals surface area contributed by atoms with E-state index in [1.807, 2.05) is 26.8 Å². The number of sulfonamides is 1. The van der Waals surface area contributed by atoms with Gasteiger partial charge in [-0.3, -0.25) is 9.59 Å². The van der Waals surface area contributed by atoms with Crippen molar-refractivity contribution in [2.75, 3.05) is 18.5 Å². The molecule has 0 atom stereocenters. The van der Waals surface area contributed by atoms with E-state index in [0.29, 0.717) is 18.0 Å². The number of anilines is 1. The van der Waals surface area contributed by atoms with Gasteiger partial charge in [-0.05, 0) is 48.9 Å². The van der Waals surface area contributed by atoms with Crippen molar-refractivity contribution in [3.8, 4) is 5.75 Å². The second-order valence-corrected chi connectivity index (χ2v) is 8.94. The molecule has 31 heavy (non-hydrogen) atoms. The van der Waals surface area contributed by atoms with Crippen molar-refractivity contribution in [2.24, 2.45) is 5.92 Å². The molecule has 9 heteroatoms. The Morgan fingerprint density at radius 2 is 1.77 bits per heavy atom. The molecule has 0 aliphatic carbocycles. The zero-order valence-electron chi connectivity index (χ0n) is 18.0. The predicted molar refractivity (Wildman–Crippen MR) is 119 cm³/mol. The van der Waals surface area contributed by atoms with E-state index in [2.05, 4.69) is 15.4 Å². The first-order chi connectivity index (χ1) is 14.7.